The summed E-state index contributed by atoms with van der Waals surface area (Å²) < 4.78 is 0. The minimum atomic E-state index is -0.241. The van der Waals surface area contributed by atoms with Gasteiger partial charge >= 0.3 is 0 Å². The number of hydrogen-bond donors (Lipinski definition) is 0. The molecule has 1 fully saturated rings. The number of imide groups is 1. The number of benzene rings is 2. The van der Waals surface area contributed by atoms with Crippen molar-refractivity contribution < 1.29 is 9.59 Å². The number of amides is 2. The maximum Gasteiger partial charge on any atom is 0.266 e. The molecule has 0 unspecified atom stereocenters. The second kappa shape index (κ2) is 4.98. The highest BCUT2D eigenvalue weighted by Gasteiger charge is 2.36. The first kappa shape index (κ1) is 13.1. The van der Waals surface area contributed by atoms with Gasteiger partial charge in [-0.25, -0.2) is 4.90 Å². The van der Waals surface area contributed by atoms with Crippen LogP contribution in [0.2, 0.25) is 0 Å². The minimum absolute atomic E-state index is 0.241. The molecule has 4 nitrogen and oxygen atoms in total. The Bertz CT molecular complexity index is 711. The van der Waals surface area contributed by atoms with Crippen LogP contribution < -0.4 is 9.80 Å². The quantitative estimate of drug-likeness (QED) is 0.799. The molecular weight excluding hydrogens is 276 g/mol. The lowest BCUT2D eigenvalue weighted by atomic mass is 10.1. The van der Waals surface area contributed by atoms with Crippen LogP contribution in [0.15, 0.2) is 48.5 Å². The summed E-state index contributed by atoms with van der Waals surface area (Å²) in [5.74, 6) is -0.482. The van der Waals surface area contributed by atoms with E-state index in [-0.39, 0.29) is 11.8 Å². The summed E-state index contributed by atoms with van der Waals surface area (Å²) in [5, 5.41) is 0. The molecule has 2 amide bonds. The Morgan fingerprint density at radius 1 is 0.682 bits per heavy atom. The van der Waals surface area contributed by atoms with Crippen LogP contribution in [0.1, 0.15) is 33.6 Å². The largest absolute Gasteiger partial charge is 0.372 e. The van der Waals surface area contributed by atoms with Gasteiger partial charge in [-0.3, -0.25) is 9.59 Å². The molecule has 0 saturated carbocycles. The van der Waals surface area contributed by atoms with E-state index in [1.54, 1.807) is 24.3 Å². The first-order valence-corrected chi connectivity index (χ1v) is 7.58. The highest BCUT2D eigenvalue weighted by atomic mass is 16.2. The summed E-state index contributed by atoms with van der Waals surface area (Å²) in [5.41, 5.74) is 2.75. The third kappa shape index (κ3) is 1.91. The lowest BCUT2D eigenvalue weighted by Crippen LogP contribution is -2.29. The number of hydrogen-bond acceptors (Lipinski definition) is 3. The standard InChI is InChI=1S/C18H16N2O2/c21-17-15-5-1-2-6-16(15)18(22)20(17)14-9-7-13(8-10-14)19-11-3-4-12-19/h1-2,5-10H,3-4,11-12H2. The van der Waals surface area contributed by atoms with E-state index >= 15 is 0 Å². The third-order valence-electron chi connectivity index (χ3n) is 4.37. The Kier molecular flexibility index (Phi) is 2.96. The van der Waals surface area contributed by atoms with Crippen molar-refractivity contribution in [3.8, 4) is 0 Å². The van der Waals surface area contributed by atoms with E-state index in [1.165, 1.54) is 17.7 Å². The van der Waals surface area contributed by atoms with Crippen LogP contribution in [0.5, 0.6) is 0 Å². The highest BCUT2D eigenvalue weighted by Crippen LogP contribution is 2.30. The predicted molar refractivity (Wildman–Crippen MR) is 85.5 cm³/mol. The van der Waals surface area contributed by atoms with Gasteiger partial charge < -0.3 is 4.90 Å². The molecule has 2 aliphatic rings. The molecule has 2 heterocycles. The fourth-order valence-electron chi connectivity index (χ4n) is 3.21. The summed E-state index contributed by atoms with van der Waals surface area (Å²) in [6.45, 7) is 2.15. The first-order valence-electron chi connectivity index (χ1n) is 7.58. The van der Waals surface area contributed by atoms with Crippen LogP contribution in [0, 0.1) is 0 Å². The lowest BCUT2D eigenvalue weighted by molar-refractivity contribution is 0.0926. The zero-order chi connectivity index (χ0) is 15.1. The summed E-state index contributed by atoms with van der Waals surface area (Å²) in [4.78, 5) is 28.5. The fraction of sp³-hybridized carbons (Fsp3) is 0.222. The highest BCUT2D eigenvalue weighted by molar-refractivity contribution is 6.34. The van der Waals surface area contributed by atoms with Crippen molar-refractivity contribution in [3.05, 3.63) is 59.7 Å². The molecule has 0 radical (unpaired) electrons. The summed E-state index contributed by atoms with van der Waals surface area (Å²) in [6, 6.07) is 14.7. The molecule has 2 aromatic rings. The second-order valence-electron chi connectivity index (χ2n) is 5.70. The van der Waals surface area contributed by atoms with Gasteiger partial charge in [0.15, 0.2) is 0 Å². The van der Waals surface area contributed by atoms with Gasteiger partial charge in [0.05, 0.1) is 16.8 Å². The third-order valence-corrected chi connectivity index (χ3v) is 4.37. The Morgan fingerprint density at radius 3 is 1.73 bits per heavy atom. The van der Waals surface area contributed by atoms with E-state index in [4.69, 9.17) is 0 Å². The molecule has 22 heavy (non-hydrogen) atoms. The predicted octanol–water partition coefficient (Wildman–Crippen LogP) is 3.09. The molecule has 4 rings (SSSR count). The molecule has 4 heteroatoms. The number of nitrogens with zero attached hydrogens (tertiary/aromatic N) is 2. The van der Waals surface area contributed by atoms with Crippen LogP contribution in [0.25, 0.3) is 0 Å². The van der Waals surface area contributed by atoms with E-state index in [1.807, 2.05) is 24.3 Å². The van der Waals surface area contributed by atoms with Crippen molar-refractivity contribution in [2.75, 3.05) is 22.9 Å². The van der Waals surface area contributed by atoms with Crippen molar-refractivity contribution in [3.63, 3.8) is 0 Å². The monoisotopic (exact) mass is 292 g/mol. The van der Waals surface area contributed by atoms with Crippen LogP contribution in [0.3, 0.4) is 0 Å². The average Bonchev–Trinajstić information content (AvgIpc) is 3.17. The molecule has 2 aromatic carbocycles. The Morgan fingerprint density at radius 2 is 1.18 bits per heavy atom. The summed E-state index contributed by atoms with van der Waals surface area (Å²) in [6.07, 6.45) is 2.44. The van der Waals surface area contributed by atoms with Crippen LogP contribution in [-0.2, 0) is 0 Å². The summed E-state index contributed by atoms with van der Waals surface area (Å²) >= 11 is 0. The normalized spacial score (nSPS) is 17.3. The molecule has 0 aromatic heterocycles. The number of rotatable bonds is 2. The van der Waals surface area contributed by atoms with E-state index < -0.39 is 0 Å². The number of carbonyl (C=O) groups is 2. The van der Waals surface area contributed by atoms with E-state index in [0.29, 0.717) is 16.8 Å². The van der Waals surface area contributed by atoms with Crippen molar-refractivity contribution in [1.82, 2.24) is 0 Å². The maximum atomic E-state index is 12.4. The van der Waals surface area contributed by atoms with E-state index in [0.717, 1.165) is 18.8 Å². The molecule has 110 valence electrons. The SMILES string of the molecule is O=C1c2ccccc2C(=O)N1c1ccc(N2CCCC2)cc1. The molecule has 0 N–H and O–H groups in total. The zero-order valence-electron chi connectivity index (χ0n) is 12.2. The zero-order valence-corrected chi connectivity index (χ0v) is 12.2. The average molecular weight is 292 g/mol. The van der Waals surface area contributed by atoms with Gasteiger partial charge in [0.2, 0.25) is 0 Å². The van der Waals surface area contributed by atoms with Gasteiger partial charge in [-0.2, -0.15) is 0 Å². The topological polar surface area (TPSA) is 40.6 Å². The van der Waals surface area contributed by atoms with E-state index in [2.05, 4.69) is 4.90 Å². The minimum Gasteiger partial charge on any atom is -0.372 e. The van der Waals surface area contributed by atoms with Crippen molar-refractivity contribution >= 4 is 23.2 Å². The Hall–Kier alpha value is -2.62. The van der Waals surface area contributed by atoms with Gasteiger partial charge in [-0.15, -0.1) is 0 Å². The van der Waals surface area contributed by atoms with Gasteiger partial charge in [0.25, 0.3) is 11.8 Å². The molecule has 0 spiro atoms. The van der Waals surface area contributed by atoms with Crippen LogP contribution in [-0.4, -0.2) is 24.9 Å². The van der Waals surface area contributed by atoms with Crippen LogP contribution >= 0.6 is 0 Å². The number of carbonyl (C=O) groups excluding carboxylic acids is 2. The van der Waals surface area contributed by atoms with Gasteiger partial charge in [0.1, 0.15) is 0 Å². The molecule has 2 aliphatic heterocycles. The first-order chi connectivity index (χ1) is 10.8. The van der Waals surface area contributed by atoms with Crippen molar-refractivity contribution in [1.29, 1.82) is 0 Å². The molecule has 0 bridgehead atoms. The lowest BCUT2D eigenvalue weighted by Gasteiger charge is -2.19. The number of fused-ring (bicyclic) bond motifs is 1. The van der Waals surface area contributed by atoms with Crippen molar-refractivity contribution in [2.45, 2.75) is 12.8 Å². The van der Waals surface area contributed by atoms with Crippen LogP contribution in [0.4, 0.5) is 11.4 Å². The van der Waals surface area contributed by atoms with Crippen molar-refractivity contribution in [2.24, 2.45) is 0 Å². The smallest absolute Gasteiger partial charge is 0.266 e. The molecule has 0 aliphatic carbocycles. The maximum absolute atomic E-state index is 12.4. The van der Waals surface area contributed by atoms with Gasteiger partial charge in [-0.1, -0.05) is 12.1 Å². The second-order valence-corrected chi connectivity index (χ2v) is 5.70. The Balaban J connectivity index is 1.65. The summed E-state index contributed by atoms with van der Waals surface area (Å²) in [7, 11) is 0. The molecule has 1 saturated heterocycles. The Labute approximate surface area is 129 Å². The molecule has 0 atom stereocenters. The van der Waals surface area contributed by atoms with Gasteiger partial charge in [-0.05, 0) is 49.2 Å². The fourth-order valence-corrected chi connectivity index (χ4v) is 3.21. The van der Waals surface area contributed by atoms with Gasteiger partial charge in [0, 0.05) is 18.8 Å². The van der Waals surface area contributed by atoms with E-state index in [9.17, 15) is 9.59 Å². The number of anilines is 2. The molecular formula is C18H16N2O2.